The molecule has 1 aliphatic carbocycles. The molecule has 0 spiro atoms. The van der Waals surface area contributed by atoms with Gasteiger partial charge in [-0.15, -0.1) is 0 Å². The van der Waals surface area contributed by atoms with E-state index in [9.17, 15) is 19.7 Å². The fourth-order valence-corrected chi connectivity index (χ4v) is 3.92. The number of aromatic nitrogens is 1. The molecule has 1 aromatic heterocycles. The number of nitro groups is 1. The number of piperidine rings is 1. The van der Waals surface area contributed by atoms with E-state index in [1.807, 2.05) is 4.90 Å². The fourth-order valence-electron chi connectivity index (χ4n) is 3.92. The predicted octanol–water partition coefficient (Wildman–Crippen LogP) is 1.94. The largest absolute Gasteiger partial charge is 0.338 e. The van der Waals surface area contributed by atoms with Gasteiger partial charge in [-0.2, -0.15) is 0 Å². The second-order valence-electron chi connectivity index (χ2n) is 6.45. The first-order valence-electron chi connectivity index (χ1n) is 8.20. The highest BCUT2D eigenvalue weighted by Gasteiger charge is 2.35. The summed E-state index contributed by atoms with van der Waals surface area (Å²) >= 11 is 0. The van der Waals surface area contributed by atoms with Crippen molar-refractivity contribution in [2.45, 2.75) is 51.1 Å². The van der Waals surface area contributed by atoms with Gasteiger partial charge in [-0.05, 0) is 31.6 Å². The van der Waals surface area contributed by atoms with Crippen molar-refractivity contribution in [2.75, 3.05) is 6.54 Å². The molecule has 7 nitrogen and oxygen atoms in total. The van der Waals surface area contributed by atoms with E-state index in [2.05, 4.69) is 0 Å². The van der Waals surface area contributed by atoms with Crippen molar-refractivity contribution in [1.29, 1.82) is 0 Å². The fraction of sp³-hybridized carbons (Fsp3) is 0.625. The number of hydrogen-bond donors (Lipinski definition) is 0. The van der Waals surface area contributed by atoms with Crippen molar-refractivity contribution in [2.24, 2.45) is 5.92 Å². The predicted molar refractivity (Wildman–Crippen MR) is 84.0 cm³/mol. The molecule has 0 radical (unpaired) electrons. The molecule has 1 amide bonds. The molecular weight excluding hydrogens is 298 g/mol. The topological polar surface area (TPSA) is 85.5 Å². The Morgan fingerprint density at radius 1 is 1.22 bits per heavy atom. The van der Waals surface area contributed by atoms with E-state index >= 15 is 0 Å². The Labute approximate surface area is 134 Å². The maximum atomic E-state index is 12.7. The summed E-state index contributed by atoms with van der Waals surface area (Å²) in [6.07, 6.45) is 7.89. The van der Waals surface area contributed by atoms with Crippen LogP contribution in [0.5, 0.6) is 0 Å². The van der Waals surface area contributed by atoms with Gasteiger partial charge in [0.05, 0.1) is 11.1 Å². The highest BCUT2D eigenvalue weighted by molar-refractivity contribution is 5.76. The third-order valence-corrected chi connectivity index (χ3v) is 5.05. The lowest BCUT2D eigenvalue weighted by atomic mass is 9.78. The van der Waals surface area contributed by atoms with Crippen LogP contribution in [-0.2, 0) is 11.3 Å². The molecule has 7 heteroatoms. The summed E-state index contributed by atoms with van der Waals surface area (Å²) in [4.78, 5) is 36.7. The lowest BCUT2D eigenvalue weighted by Gasteiger charge is -2.44. The molecule has 1 aliphatic heterocycles. The van der Waals surface area contributed by atoms with Crippen molar-refractivity contribution >= 4 is 11.6 Å². The minimum Gasteiger partial charge on any atom is -0.338 e. The number of hydrogen-bond acceptors (Lipinski definition) is 4. The van der Waals surface area contributed by atoms with Crippen molar-refractivity contribution in [3.8, 4) is 0 Å². The van der Waals surface area contributed by atoms with Crippen LogP contribution in [0.2, 0.25) is 0 Å². The van der Waals surface area contributed by atoms with Crippen LogP contribution in [0.15, 0.2) is 23.1 Å². The molecule has 0 N–H and O–H groups in total. The van der Waals surface area contributed by atoms with Crippen LogP contribution < -0.4 is 5.56 Å². The van der Waals surface area contributed by atoms with Crippen LogP contribution in [0.1, 0.15) is 38.5 Å². The molecule has 0 aromatic carbocycles. The molecule has 1 saturated carbocycles. The van der Waals surface area contributed by atoms with Crippen molar-refractivity contribution in [1.82, 2.24) is 9.47 Å². The summed E-state index contributed by atoms with van der Waals surface area (Å²) in [6, 6.07) is 2.59. The maximum Gasteiger partial charge on any atom is 0.285 e. The van der Waals surface area contributed by atoms with Crippen molar-refractivity contribution < 1.29 is 9.72 Å². The van der Waals surface area contributed by atoms with Crippen LogP contribution in [0.25, 0.3) is 0 Å². The van der Waals surface area contributed by atoms with Gasteiger partial charge in [-0.3, -0.25) is 24.3 Å². The van der Waals surface area contributed by atoms with Crippen LogP contribution in [0.3, 0.4) is 0 Å². The van der Waals surface area contributed by atoms with Gasteiger partial charge in [0.25, 0.3) is 11.2 Å². The molecule has 2 aliphatic rings. The van der Waals surface area contributed by atoms with Gasteiger partial charge in [0, 0.05) is 24.7 Å². The van der Waals surface area contributed by atoms with Gasteiger partial charge >= 0.3 is 0 Å². The molecule has 3 rings (SSSR count). The Bertz CT molecular complexity index is 668. The third-order valence-electron chi connectivity index (χ3n) is 5.05. The lowest BCUT2D eigenvalue weighted by molar-refractivity contribution is -0.385. The van der Waals surface area contributed by atoms with Crippen LogP contribution in [0.4, 0.5) is 5.69 Å². The summed E-state index contributed by atoms with van der Waals surface area (Å²) in [6.45, 7) is 0.605. The van der Waals surface area contributed by atoms with Gasteiger partial charge in [-0.25, -0.2) is 0 Å². The minimum atomic E-state index is -0.557. The molecule has 2 fully saturated rings. The normalized spacial score (nSPS) is 24.1. The summed E-state index contributed by atoms with van der Waals surface area (Å²) < 4.78 is 1.15. The molecule has 2 heterocycles. The SMILES string of the molecule is O=C(Cn1cc([N+](=O)[O-])ccc1=O)N1CCC[C@H]2CCCC[C@@H]21. The minimum absolute atomic E-state index is 0.107. The smallest absolute Gasteiger partial charge is 0.285 e. The van der Waals surface area contributed by atoms with Crippen LogP contribution in [-0.4, -0.2) is 32.9 Å². The molecule has 2 atom stereocenters. The molecule has 1 aromatic rings. The van der Waals surface area contributed by atoms with Gasteiger partial charge in [0.15, 0.2) is 0 Å². The van der Waals surface area contributed by atoms with E-state index in [1.54, 1.807) is 0 Å². The van der Waals surface area contributed by atoms with E-state index in [-0.39, 0.29) is 29.7 Å². The highest BCUT2D eigenvalue weighted by atomic mass is 16.6. The van der Waals surface area contributed by atoms with Gasteiger partial charge in [-0.1, -0.05) is 12.8 Å². The molecule has 0 bridgehead atoms. The second-order valence-corrected chi connectivity index (χ2v) is 6.45. The van der Waals surface area contributed by atoms with E-state index < -0.39 is 4.92 Å². The van der Waals surface area contributed by atoms with Gasteiger partial charge in [0.1, 0.15) is 6.54 Å². The Morgan fingerprint density at radius 3 is 2.74 bits per heavy atom. The molecular formula is C16H21N3O4. The molecule has 0 unspecified atom stereocenters. The standard InChI is InChI=1S/C16H21N3O4/c20-15-8-7-13(19(22)23)10-17(15)11-16(21)18-9-3-5-12-4-1-2-6-14(12)18/h7-8,10,12,14H,1-6,9,11H2/t12-,14+/m1/s1. The van der Waals surface area contributed by atoms with Crippen molar-refractivity contribution in [3.63, 3.8) is 0 Å². The maximum absolute atomic E-state index is 12.7. The Morgan fingerprint density at radius 2 is 1.96 bits per heavy atom. The molecule has 23 heavy (non-hydrogen) atoms. The average molecular weight is 319 g/mol. The first kappa shape index (κ1) is 15.7. The number of pyridine rings is 1. The summed E-state index contributed by atoms with van der Waals surface area (Å²) in [5.74, 6) is 0.465. The zero-order valence-corrected chi connectivity index (χ0v) is 13.0. The number of amides is 1. The Balaban J connectivity index is 1.77. The second kappa shape index (κ2) is 6.52. The summed E-state index contributed by atoms with van der Waals surface area (Å²) in [5, 5.41) is 10.8. The summed E-state index contributed by atoms with van der Waals surface area (Å²) in [5.41, 5.74) is -0.562. The van der Waals surface area contributed by atoms with E-state index in [4.69, 9.17) is 0 Å². The first-order chi connectivity index (χ1) is 11.1. The zero-order valence-electron chi connectivity index (χ0n) is 13.0. The number of likely N-dealkylation sites (tertiary alicyclic amines) is 1. The lowest BCUT2D eigenvalue weighted by Crippen LogP contribution is -2.51. The highest BCUT2D eigenvalue weighted by Crippen LogP contribution is 2.35. The number of rotatable bonds is 3. The van der Waals surface area contributed by atoms with E-state index in [0.29, 0.717) is 5.92 Å². The van der Waals surface area contributed by atoms with Crippen LogP contribution in [0, 0.1) is 16.0 Å². The number of fused-ring (bicyclic) bond motifs is 1. The average Bonchev–Trinajstić information content (AvgIpc) is 2.56. The van der Waals surface area contributed by atoms with Gasteiger partial charge < -0.3 is 4.90 Å². The molecule has 1 saturated heterocycles. The number of carbonyl (C=O) groups excluding carboxylic acids is 1. The Kier molecular flexibility index (Phi) is 4.45. The zero-order chi connectivity index (χ0) is 16.4. The number of nitrogens with zero attached hydrogens (tertiary/aromatic N) is 3. The van der Waals surface area contributed by atoms with Gasteiger partial charge in [0.2, 0.25) is 5.91 Å². The first-order valence-corrected chi connectivity index (χ1v) is 8.20. The van der Waals surface area contributed by atoms with Crippen LogP contribution >= 0.6 is 0 Å². The Hall–Kier alpha value is -2.18. The third kappa shape index (κ3) is 3.28. The van der Waals surface area contributed by atoms with Crippen molar-refractivity contribution in [3.05, 3.63) is 38.8 Å². The monoisotopic (exact) mass is 319 g/mol. The molecule has 124 valence electrons. The quantitative estimate of drug-likeness (QED) is 0.629. The number of carbonyl (C=O) groups is 1. The van der Waals surface area contributed by atoms with E-state index in [0.717, 1.165) is 42.6 Å². The summed E-state index contributed by atoms with van der Waals surface area (Å²) in [7, 11) is 0. The van der Waals surface area contributed by atoms with E-state index in [1.165, 1.54) is 25.3 Å².